The van der Waals surface area contributed by atoms with Gasteiger partial charge < -0.3 is 28.7 Å². The van der Waals surface area contributed by atoms with Crippen LogP contribution in [-0.4, -0.2) is 54.6 Å². The van der Waals surface area contributed by atoms with Gasteiger partial charge in [0.15, 0.2) is 11.5 Å². The van der Waals surface area contributed by atoms with Gasteiger partial charge in [-0.3, -0.25) is 0 Å². The van der Waals surface area contributed by atoms with E-state index in [9.17, 15) is 0 Å². The highest BCUT2D eigenvalue weighted by atomic mass is 16.5. The summed E-state index contributed by atoms with van der Waals surface area (Å²) >= 11 is 0. The predicted octanol–water partition coefficient (Wildman–Crippen LogP) is 0.205. The molecular weight excluding hydrogens is 356 g/mol. The molecule has 0 aromatic heterocycles. The van der Waals surface area contributed by atoms with E-state index >= 15 is 0 Å². The fourth-order valence-electron chi connectivity index (χ4n) is 3.91. The normalized spacial score (nSPS) is 19.1. The van der Waals surface area contributed by atoms with Crippen molar-refractivity contribution in [1.82, 2.24) is 0 Å². The Hall–Kier alpha value is -2.44. The molecule has 1 heterocycles. The summed E-state index contributed by atoms with van der Waals surface area (Å²) in [5.41, 5.74) is 2.52. The number of rotatable bonds is 8. The molecule has 6 heteroatoms. The van der Waals surface area contributed by atoms with Crippen LogP contribution >= 0.6 is 0 Å². The van der Waals surface area contributed by atoms with E-state index in [1.165, 1.54) is 5.56 Å². The summed E-state index contributed by atoms with van der Waals surface area (Å²) in [6.07, 6.45) is 0. The van der Waals surface area contributed by atoms with Gasteiger partial charge >= 0.3 is 0 Å². The molecule has 28 heavy (non-hydrogen) atoms. The first-order chi connectivity index (χ1) is 13.7. The van der Waals surface area contributed by atoms with Crippen molar-refractivity contribution >= 4 is 0 Å². The lowest BCUT2D eigenvalue weighted by Gasteiger charge is -2.30. The second-order valence-electron chi connectivity index (χ2n) is 7.20. The molecule has 1 fully saturated rings. The number of hydrogen-bond acceptors (Lipinski definition) is 4. The molecule has 0 spiro atoms. The van der Waals surface area contributed by atoms with E-state index in [2.05, 4.69) is 18.2 Å². The lowest BCUT2D eigenvalue weighted by atomic mass is 10.1. The largest absolute Gasteiger partial charge is 0.497 e. The van der Waals surface area contributed by atoms with Crippen LogP contribution in [0.3, 0.4) is 0 Å². The number of piperazine rings is 1. The second-order valence-corrected chi connectivity index (χ2v) is 7.20. The van der Waals surface area contributed by atoms with Crippen molar-refractivity contribution in [3.05, 3.63) is 47.5 Å². The quantitative estimate of drug-likeness (QED) is 0.679. The Kier molecular flexibility index (Phi) is 7.01. The summed E-state index contributed by atoms with van der Waals surface area (Å²) in [6.45, 7) is 6.61. The highest BCUT2D eigenvalue weighted by Crippen LogP contribution is 2.39. The van der Waals surface area contributed by atoms with Crippen LogP contribution in [0.5, 0.6) is 23.0 Å². The molecular formula is C22H32N2O4+2. The number of quaternary nitrogens is 2. The molecule has 0 unspecified atom stereocenters. The molecule has 0 bridgehead atoms. The Bertz CT molecular complexity index is 756. The van der Waals surface area contributed by atoms with Crippen molar-refractivity contribution in [3.8, 4) is 23.0 Å². The minimum atomic E-state index is 0.672. The number of methoxy groups -OCH3 is 4. The zero-order valence-electron chi connectivity index (χ0n) is 17.3. The van der Waals surface area contributed by atoms with Crippen LogP contribution in [0.25, 0.3) is 0 Å². The minimum absolute atomic E-state index is 0.672. The lowest BCUT2D eigenvalue weighted by molar-refractivity contribution is -1.02. The number of hydrogen-bond donors (Lipinski definition) is 2. The van der Waals surface area contributed by atoms with Crippen molar-refractivity contribution in [2.45, 2.75) is 13.1 Å². The van der Waals surface area contributed by atoms with Crippen LogP contribution < -0.4 is 28.7 Å². The van der Waals surface area contributed by atoms with Gasteiger partial charge in [-0.1, -0.05) is 0 Å². The highest BCUT2D eigenvalue weighted by Gasteiger charge is 2.25. The maximum Gasteiger partial charge on any atom is 0.203 e. The van der Waals surface area contributed by atoms with E-state index in [0.29, 0.717) is 11.5 Å². The molecule has 0 saturated carbocycles. The monoisotopic (exact) mass is 388 g/mol. The van der Waals surface area contributed by atoms with E-state index in [4.69, 9.17) is 18.9 Å². The van der Waals surface area contributed by atoms with Gasteiger partial charge in [-0.25, -0.2) is 0 Å². The van der Waals surface area contributed by atoms with Crippen molar-refractivity contribution in [1.29, 1.82) is 0 Å². The van der Waals surface area contributed by atoms with Gasteiger partial charge in [-0.15, -0.1) is 0 Å². The Morgan fingerprint density at radius 3 is 1.79 bits per heavy atom. The van der Waals surface area contributed by atoms with Gasteiger partial charge in [0.2, 0.25) is 5.75 Å². The van der Waals surface area contributed by atoms with Crippen LogP contribution in [0, 0.1) is 0 Å². The fraction of sp³-hybridized carbons (Fsp3) is 0.455. The van der Waals surface area contributed by atoms with Crippen LogP contribution in [0.2, 0.25) is 0 Å². The van der Waals surface area contributed by atoms with Crippen LogP contribution in [0.4, 0.5) is 0 Å². The van der Waals surface area contributed by atoms with E-state index in [1.54, 1.807) is 38.2 Å². The SMILES string of the molecule is COc1ccc(C[NH+]2CC[NH+](Cc3ccc(OC)c(OC)c3OC)CC2)cc1. The zero-order valence-corrected chi connectivity index (χ0v) is 17.3. The molecule has 2 aromatic rings. The minimum Gasteiger partial charge on any atom is -0.497 e. The molecule has 0 amide bonds. The fourth-order valence-corrected chi connectivity index (χ4v) is 3.91. The van der Waals surface area contributed by atoms with Crippen molar-refractivity contribution in [2.75, 3.05) is 54.6 Å². The molecule has 0 aliphatic carbocycles. The third-order valence-electron chi connectivity index (χ3n) is 5.50. The molecule has 1 saturated heterocycles. The summed E-state index contributed by atoms with van der Waals surface area (Å²) in [6, 6.07) is 12.5. The van der Waals surface area contributed by atoms with Gasteiger partial charge in [0, 0.05) is 5.56 Å². The van der Waals surface area contributed by atoms with Gasteiger partial charge in [-0.2, -0.15) is 0 Å². The van der Waals surface area contributed by atoms with Crippen LogP contribution in [0.1, 0.15) is 11.1 Å². The molecule has 6 nitrogen and oxygen atoms in total. The molecule has 152 valence electrons. The lowest BCUT2D eigenvalue weighted by Crippen LogP contribution is -3.27. The third kappa shape index (κ3) is 4.69. The van der Waals surface area contributed by atoms with Gasteiger partial charge in [0.25, 0.3) is 0 Å². The maximum absolute atomic E-state index is 5.64. The van der Waals surface area contributed by atoms with E-state index < -0.39 is 0 Å². The average molecular weight is 389 g/mol. The Morgan fingerprint density at radius 2 is 1.25 bits per heavy atom. The molecule has 3 rings (SSSR count). The molecule has 2 N–H and O–H groups in total. The smallest absolute Gasteiger partial charge is 0.203 e. The Balaban J connectivity index is 1.58. The van der Waals surface area contributed by atoms with Gasteiger partial charge in [0.05, 0.1) is 34.0 Å². The third-order valence-corrected chi connectivity index (χ3v) is 5.50. The van der Waals surface area contributed by atoms with Gasteiger partial charge in [-0.05, 0) is 36.4 Å². The van der Waals surface area contributed by atoms with Crippen molar-refractivity contribution in [3.63, 3.8) is 0 Å². The second kappa shape index (κ2) is 9.66. The van der Waals surface area contributed by atoms with E-state index in [-0.39, 0.29) is 0 Å². The number of nitrogens with one attached hydrogen (secondary N) is 2. The topological polar surface area (TPSA) is 45.8 Å². The summed E-state index contributed by atoms with van der Waals surface area (Å²) in [4.78, 5) is 3.21. The predicted molar refractivity (Wildman–Crippen MR) is 108 cm³/mol. The first kappa shape index (κ1) is 20.3. The molecule has 1 aliphatic heterocycles. The Labute approximate surface area is 167 Å². The first-order valence-corrected chi connectivity index (χ1v) is 9.76. The molecule has 1 aliphatic rings. The standard InChI is InChI=1S/C22H30N2O4/c1-25-19-8-5-17(6-9-19)15-23-11-13-24(14-12-23)16-18-7-10-20(26-2)22(28-4)21(18)27-3/h5-10H,11-16H2,1-4H3/p+2. The van der Waals surface area contributed by atoms with Crippen molar-refractivity contribution < 1.29 is 28.7 Å². The summed E-state index contributed by atoms with van der Waals surface area (Å²) in [7, 11) is 6.69. The molecule has 0 radical (unpaired) electrons. The summed E-state index contributed by atoms with van der Waals surface area (Å²) < 4.78 is 21.8. The van der Waals surface area contributed by atoms with Crippen LogP contribution in [-0.2, 0) is 13.1 Å². The van der Waals surface area contributed by atoms with E-state index in [0.717, 1.165) is 56.3 Å². The summed E-state index contributed by atoms with van der Waals surface area (Å²) in [5.74, 6) is 3.07. The van der Waals surface area contributed by atoms with Crippen LogP contribution in [0.15, 0.2) is 36.4 Å². The number of ether oxygens (including phenoxy) is 4. The molecule has 0 atom stereocenters. The highest BCUT2D eigenvalue weighted by molar-refractivity contribution is 5.55. The summed E-state index contributed by atoms with van der Waals surface area (Å²) in [5, 5.41) is 0. The molecule has 2 aromatic carbocycles. The van der Waals surface area contributed by atoms with E-state index in [1.807, 2.05) is 18.2 Å². The number of benzene rings is 2. The maximum atomic E-state index is 5.64. The first-order valence-electron chi connectivity index (χ1n) is 9.76. The Morgan fingerprint density at radius 1 is 0.643 bits per heavy atom. The average Bonchev–Trinajstić information content (AvgIpc) is 2.75. The van der Waals surface area contributed by atoms with Crippen molar-refractivity contribution in [2.24, 2.45) is 0 Å². The van der Waals surface area contributed by atoms with Gasteiger partial charge in [0.1, 0.15) is 45.0 Å². The zero-order chi connectivity index (χ0) is 19.9.